The number of benzene rings is 1. The molecule has 0 atom stereocenters. The predicted molar refractivity (Wildman–Crippen MR) is 60.1 cm³/mol. The van der Waals surface area contributed by atoms with E-state index in [4.69, 9.17) is 10.6 Å². The summed E-state index contributed by atoms with van der Waals surface area (Å²) in [4.78, 5) is 11.3. The van der Waals surface area contributed by atoms with Crippen LogP contribution in [0.25, 0.3) is 0 Å². The smallest absolute Gasteiger partial charge is 0.269 e. The Bertz CT molecular complexity index is 416. The number of hydrogen-bond donors (Lipinski definition) is 3. The van der Waals surface area contributed by atoms with Gasteiger partial charge in [-0.1, -0.05) is 6.58 Å². The summed E-state index contributed by atoms with van der Waals surface area (Å²) in [6.07, 6.45) is 0. The van der Waals surface area contributed by atoms with Crippen molar-refractivity contribution in [1.82, 2.24) is 5.43 Å². The summed E-state index contributed by atoms with van der Waals surface area (Å²) < 4.78 is 5.33. The SMILES string of the molecule is C=C(C)COc1ccc(O)c(C(=O)NN)c1. The quantitative estimate of drug-likeness (QED) is 0.306. The molecule has 1 aromatic rings. The first-order valence-electron chi connectivity index (χ1n) is 4.65. The molecule has 4 N–H and O–H groups in total. The Balaban J connectivity index is 2.89. The summed E-state index contributed by atoms with van der Waals surface area (Å²) >= 11 is 0. The van der Waals surface area contributed by atoms with E-state index in [9.17, 15) is 9.90 Å². The van der Waals surface area contributed by atoms with Gasteiger partial charge in [0.2, 0.25) is 0 Å². The van der Waals surface area contributed by atoms with Crippen molar-refractivity contribution >= 4 is 5.91 Å². The highest BCUT2D eigenvalue weighted by Crippen LogP contribution is 2.23. The minimum absolute atomic E-state index is 0.0710. The minimum Gasteiger partial charge on any atom is -0.507 e. The second-order valence-electron chi connectivity index (χ2n) is 3.40. The van der Waals surface area contributed by atoms with Crippen molar-refractivity contribution in [3.8, 4) is 11.5 Å². The Hall–Kier alpha value is -2.01. The van der Waals surface area contributed by atoms with Crippen LogP contribution in [0.3, 0.4) is 0 Å². The number of rotatable bonds is 4. The first-order chi connectivity index (χ1) is 7.54. The van der Waals surface area contributed by atoms with Gasteiger partial charge in [0.15, 0.2) is 0 Å². The second kappa shape index (κ2) is 5.18. The van der Waals surface area contributed by atoms with E-state index in [0.717, 1.165) is 5.57 Å². The number of nitrogens with one attached hydrogen (secondary N) is 1. The molecule has 1 rings (SSSR count). The molecule has 0 unspecified atom stereocenters. The van der Waals surface area contributed by atoms with Gasteiger partial charge in [-0.15, -0.1) is 0 Å². The lowest BCUT2D eigenvalue weighted by Crippen LogP contribution is -2.30. The van der Waals surface area contributed by atoms with E-state index in [-0.39, 0.29) is 11.3 Å². The molecular formula is C11H14N2O3. The summed E-state index contributed by atoms with van der Waals surface area (Å²) in [5.41, 5.74) is 2.87. The normalized spacial score (nSPS) is 9.62. The standard InChI is InChI=1S/C11H14N2O3/c1-7(2)6-16-8-3-4-10(14)9(5-8)11(15)13-12/h3-5,14H,1,6,12H2,2H3,(H,13,15). The molecule has 1 aromatic carbocycles. The zero-order valence-electron chi connectivity index (χ0n) is 8.99. The molecule has 0 aliphatic rings. The van der Waals surface area contributed by atoms with E-state index in [0.29, 0.717) is 12.4 Å². The molecule has 0 aromatic heterocycles. The maximum absolute atomic E-state index is 11.3. The average molecular weight is 222 g/mol. The van der Waals surface area contributed by atoms with E-state index in [2.05, 4.69) is 6.58 Å². The van der Waals surface area contributed by atoms with Crippen LogP contribution in [0.1, 0.15) is 17.3 Å². The first-order valence-corrected chi connectivity index (χ1v) is 4.65. The van der Waals surface area contributed by atoms with Crippen LogP contribution < -0.4 is 16.0 Å². The number of phenolic OH excluding ortho intramolecular Hbond substituents is 1. The second-order valence-corrected chi connectivity index (χ2v) is 3.40. The molecule has 0 saturated carbocycles. The van der Waals surface area contributed by atoms with Gasteiger partial charge < -0.3 is 9.84 Å². The molecule has 1 amide bonds. The van der Waals surface area contributed by atoms with Crippen molar-refractivity contribution in [3.63, 3.8) is 0 Å². The molecule has 0 radical (unpaired) electrons. The number of amides is 1. The van der Waals surface area contributed by atoms with Crippen LogP contribution in [0.2, 0.25) is 0 Å². The molecule has 0 aliphatic carbocycles. The van der Waals surface area contributed by atoms with Crippen molar-refractivity contribution in [2.75, 3.05) is 6.61 Å². The van der Waals surface area contributed by atoms with E-state index < -0.39 is 5.91 Å². The number of phenols is 1. The molecule has 0 bridgehead atoms. The molecule has 0 fully saturated rings. The van der Waals surface area contributed by atoms with Gasteiger partial charge in [-0.3, -0.25) is 10.2 Å². The Morgan fingerprint density at radius 3 is 2.88 bits per heavy atom. The van der Waals surface area contributed by atoms with Crippen LogP contribution >= 0.6 is 0 Å². The predicted octanol–water partition coefficient (Wildman–Crippen LogP) is 0.951. The van der Waals surface area contributed by atoms with Crippen molar-refractivity contribution < 1.29 is 14.6 Å². The summed E-state index contributed by atoms with van der Waals surface area (Å²) in [5, 5.41) is 9.42. The van der Waals surface area contributed by atoms with E-state index in [1.165, 1.54) is 12.1 Å². The lowest BCUT2D eigenvalue weighted by molar-refractivity contribution is 0.0950. The third-order valence-corrected chi connectivity index (χ3v) is 1.83. The van der Waals surface area contributed by atoms with Gasteiger partial charge in [0.25, 0.3) is 5.91 Å². The van der Waals surface area contributed by atoms with Gasteiger partial charge in [0, 0.05) is 0 Å². The number of nitrogens with two attached hydrogens (primary N) is 1. The van der Waals surface area contributed by atoms with Crippen LogP contribution in [0.5, 0.6) is 11.5 Å². The lowest BCUT2D eigenvalue weighted by Gasteiger charge is -2.08. The zero-order chi connectivity index (χ0) is 12.1. The van der Waals surface area contributed by atoms with Gasteiger partial charge in [0.1, 0.15) is 18.1 Å². The molecule has 0 spiro atoms. The largest absolute Gasteiger partial charge is 0.507 e. The number of nitrogen functional groups attached to an aromatic ring is 1. The molecule has 16 heavy (non-hydrogen) atoms. The molecule has 5 heteroatoms. The van der Waals surface area contributed by atoms with Crippen molar-refractivity contribution in [3.05, 3.63) is 35.9 Å². The van der Waals surface area contributed by atoms with E-state index in [1.807, 2.05) is 12.3 Å². The molecule has 0 heterocycles. The highest BCUT2D eigenvalue weighted by Gasteiger charge is 2.10. The molecule has 0 aliphatic heterocycles. The Morgan fingerprint density at radius 2 is 2.31 bits per heavy atom. The fourth-order valence-electron chi connectivity index (χ4n) is 1.07. The Kier molecular flexibility index (Phi) is 3.90. The number of aromatic hydroxyl groups is 1. The maximum Gasteiger partial charge on any atom is 0.269 e. The van der Waals surface area contributed by atoms with Gasteiger partial charge in [-0.2, -0.15) is 0 Å². The first kappa shape index (κ1) is 12.1. The number of hydrazine groups is 1. The van der Waals surface area contributed by atoms with Crippen molar-refractivity contribution in [2.45, 2.75) is 6.92 Å². The van der Waals surface area contributed by atoms with Crippen LogP contribution in [-0.4, -0.2) is 17.6 Å². The highest BCUT2D eigenvalue weighted by atomic mass is 16.5. The third kappa shape index (κ3) is 2.99. The molecule has 0 saturated heterocycles. The summed E-state index contributed by atoms with van der Waals surface area (Å²) in [6.45, 7) is 5.87. The fraction of sp³-hybridized carbons (Fsp3) is 0.182. The minimum atomic E-state index is -0.571. The van der Waals surface area contributed by atoms with Gasteiger partial charge in [0.05, 0.1) is 5.56 Å². The number of hydrogen-bond acceptors (Lipinski definition) is 4. The molecule has 5 nitrogen and oxygen atoms in total. The average Bonchev–Trinajstić information content (AvgIpc) is 2.27. The third-order valence-electron chi connectivity index (χ3n) is 1.83. The van der Waals surface area contributed by atoms with E-state index >= 15 is 0 Å². The monoisotopic (exact) mass is 222 g/mol. The van der Waals surface area contributed by atoms with E-state index in [1.54, 1.807) is 6.07 Å². The summed E-state index contributed by atoms with van der Waals surface area (Å²) in [5.74, 6) is 4.73. The number of ether oxygens (including phenoxy) is 1. The zero-order valence-corrected chi connectivity index (χ0v) is 8.99. The van der Waals surface area contributed by atoms with Crippen LogP contribution in [-0.2, 0) is 0 Å². The molecule has 86 valence electrons. The van der Waals surface area contributed by atoms with Gasteiger partial charge in [-0.25, -0.2) is 5.84 Å². The van der Waals surface area contributed by atoms with Crippen LogP contribution in [0.15, 0.2) is 30.4 Å². The Labute approximate surface area is 93.5 Å². The number of carbonyl (C=O) groups excluding carboxylic acids is 1. The summed E-state index contributed by atoms with van der Waals surface area (Å²) in [6, 6.07) is 4.35. The van der Waals surface area contributed by atoms with Gasteiger partial charge in [-0.05, 0) is 30.7 Å². The highest BCUT2D eigenvalue weighted by molar-refractivity contribution is 5.96. The van der Waals surface area contributed by atoms with Gasteiger partial charge >= 0.3 is 0 Å². The van der Waals surface area contributed by atoms with Crippen molar-refractivity contribution in [2.24, 2.45) is 5.84 Å². The van der Waals surface area contributed by atoms with Crippen LogP contribution in [0, 0.1) is 0 Å². The Morgan fingerprint density at radius 1 is 1.62 bits per heavy atom. The summed E-state index contributed by atoms with van der Waals surface area (Å²) in [7, 11) is 0. The van der Waals surface area contributed by atoms with Crippen molar-refractivity contribution in [1.29, 1.82) is 0 Å². The lowest BCUT2D eigenvalue weighted by atomic mass is 10.2. The number of carbonyl (C=O) groups is 1. The van der Waals surface area contributed by atoms with Crippen LogP contribution in [0.4, 0.5) is 0 Å². The molecular weight excluding hydrogens is 208 g/mol. The fourth-order valence-corrected chi connectivity index (χ4v) is 1.07. The topological polar surface area (TPSA) is 84.6 Å². The maximum atomic E-state index is 11.3.